The van der Waals surface area contributed by atoms with Crippen molar-refractivity contribution in [1.82, 2.24) is 10.6 Å². The molecule has 0 rings (SSSR count). The number of amides is 1. The zero-order valence-electron chi connectivity index (χ0n) is 4.34. The molecule has 0 aliphatic rings. The van der Waals surface area contributed by atoms with E-state index in [1.54, 1.807) is 7.05 Å². The van der Waals surface area contributed by atoms with Gasteiger partial charge in [0.1, 0.15) is 0 Å². The van der Waals surface area contributed by atoms with Crippen molar-refractivity contribution in [3.05, 3.63) is 0 Å². The van der Waals surface area contributed by atoms with Crippen LogP contribution in [0.2, 0.25) is 0 Å². The number of rotatable bonds is 3. The summed E-state index contributed by atoms with van der Waals surface area (Å²) in [6.07, 6.45) is 0.531. The third-order valence-corrected chi connectivity index (χ3v) is 0.508. The van der Waals surface area contributed by atoms with Crippen LogP contribution in [0.1, 0.15) is 0 Å². The Balaban J connectivity index is 2.98. The van der Waals surface area contributed by atoms with Gasteiger partial charge in [0.25, 0.3) is 0 Å². The molecule has 1 N–H and O–H groups in total. The smallest absolute Gasteiger partial charge is 0.223 e. The molecule has 0 heterocycles. The molecule has 0 bridgehead atoms. The molecule has 4 heteroatoms. The predicted octanol–water partition coefficient (Wildman–Crippen LogP) is -0.859. The lowest BCUT2D eigenvalue weighted by atomic mass is 11.3. The Kier molecular flexibility index (Phi) is 3.26. The molecule has 7 heavy (non-hydrogen) atoms. The third-order valence-electron chi connectivity index (χ3n) is 0.508. The van der Waals surface area contributed by atoms with E-state index in [2.05, 4.69) is 10.3 Å². The molecule has 0 saturated heterocycles. The molecular formula is C3H8N2O2. The molecule has 0 atom stereocenters. The summed E-state index contributed by atoms with van der Waals surface area (Å²) < 4.78 is 0. The molecule has 0 radical (unpaired) electrons. The van der Waals surface area contributed by atoms with Gasteiger partial charge in [-0.05, 0) is 0 Å². The minimum atomic E-state index is 0.531. The second-order valence-corrected chi connectivity index (χ2v) is 0.927. The molecule has 0 aliphatic carbocycles. The van der Waals surface area contributed by atoms with Gasteiger partial charge in [0, 0.05) is 7.05 Å². The van der Waals surface area contributed by atoms with Crippen molar-refractivity contribution >= 4 is 6.41 Å². The average Bonchev–Trinajstić information content (AvgIpc) is 1.68. The zero-order valence-corrected chi connectivity index (χ0v) is 4.34. The molecule has 0 saturated carbocycles. The monoisotopic (exact) mass is 104 g/mol. The van der Waals surface area contributed by atoms with E-state index >= 15 is 0 Å². The normalized spacial score (nSPS) is 9.00. The van der Waals surface area contributed by atoms with Crippen molar-refractivity contribution in [2.45, 2.75) is 0 Å². The quantitative estimate of drug-likeness (QED) is 0.374. The van der Waals surface area contributed by atoms with Crippen molar-refractivity contribution in [3.8, 4) is 0 Å². The third kappa shape index (κ3) is 3.21. The molecule has 0 aromatic carbocycles. The molecular weight excluding hydrogens is 96.0 g/mol. The topological polar surface area (TPSA) is 41.6 Å². The predicted molar refractivity (Wildman–Crippen MR) is 24.0 cm³/mol. The van der Waals surface area contributed by atoms with Crippen molar-refractivity contribution in [1.29, 1.82) is 0 Å². The molecule has 0 aromatic heterocycles. The van der Waals surface area contributed by atoms with Gasteiger partial charge in [0.05, 0.1) is 7.11 Å². The summed E-state index contributed by atoms with van der Waals surface area (Å²) in [7, 11) is 3.03. The Morgan fingerprint density at radius 1 is 1.86 bits per heavy atom. The van der Waals surface area contributed by atoms with Gasteiger partial charge in [-0.2, -0.15) is 0 Å². The first-order valence-corrected chi connectivity index (χ1v) is 1.79. The molecule has 0 aliphatic heterocycles. The number of nitrogens with zero attached hydrogens (tertiary/aromatic N) is 1. The van der Waals surface area contributed by atoms with Gasteiger partial charge in [-0.1, -0.05) is 0 Å². The number of nitrogens with one attached hydrogen (secondary N) is 1. The van der Waals surface area contributed by atoms with Crippen LogP contribution in [-0.4, -0.2) is 25.7 Å². The maximum Gasteiger partial charge on any atom is 0.223 e. The molecule has 0 spiro atoms. The summed E-state index contributed by atoms with van der Waals surface area (Å²) in [5, 5.41) is 1.19. The Morgan fingerprint density at radius 2 is 2.43 bits per heavy atom. The van der Waals surface area contributed by atoms with E-state index in [0.29, 0.717) is 6.41 Å². The SMILES string of the molecule is CON(C)NC=O. The summed E-state index contributed by atoms with van der Waals surface area (Å²) >= 11 is 0. The van der Waals surface area contributed by atoms with Gasteiger partial charge in [0.2, 0.25) is 6.41 Å². The first-order valence-electron chi connectivity index (χ1n) is 1.79. The summed E-state index contributed by atoms with van der Waals surface area (Å²) in [6, 6.07) is 0. The van der Waals surface area contributed by atoms with E-state index in [-0.39, 0.29) is 0 Å². The van der Waals surface area contributed by atoms with Gasteiger partial charge in [0.15, 0.2) is 0 Å². The van der Waals surface area contributed by atoms with Crippen molar-refractivity contribution in [3.63, 3.8) is 0 Å². The maximum atomic E-state index is 9.54. The van der Waals surface area contributed by atoms with Crippen LogP contribution < -0.4 is 5.43 Å². The van der Waals surface area contributed by atoms with Crippen LogP contribution in [0.4, 0.5) is 0 Å². The summed E-state index contributed by atoms with van der Waals surface area (Å²) in [5.74, 6) is 0. The molecule has 4 nitrogen and oxygen atoms in total. The second-order valence-electron chi connectivity index (χ2n) is 0.927. The van der Waals surface area contributed by atoms with Crippen LogP contribution in [0.25, 0.3) is 0 Å². The van der Waals surface area contributed by atoms with Crippen LogP contribution in [-0.2, 0) is 9.63 Å². The standard InChI is InChI=1S/C3H8N2O2/c1-5(7-2)4-3-6/h3H,1-2H3,(H,4,6). The van der Waals surface area contributed by atoms with Crippen LogP contribution in [0.15, 0.2) is 0 Å². The van der Waals surface area contributed by atoms with Crippen LogP contribution in [0.5, 0.6) is 0 Å². The van der Waals surface area contributed by atoms with E-state index in [0.717, 1.165) is 0 Å². The molecule has 0 unspecified atom stereocenters. The van der Waals surface area contributed by atoms with Crippen LogP contribution >= 0.6 is 0 Å². The van der Waals surface area contributed by atoms with Gasteiger partial charge in [-0.15, -0.1) is 5.17 Å². The van der Waals surface area contributed by atoms with E-state index in [1.165, 1.54) is 12.3 Å². The lowest BCUT2D eigenvalue weighted by molar-refractivity contribution is -0.158. The molecule has 0 aromatic rings. The fourth-order valence-corrected chi connectivity index (χ4v) is 0.127. The van der Waals surface area contributed by atoms with Crippen LogP contribution in [0.3, 0.4) is 0 Å². The lowest BCUT2D eigenvalue weighted by Crippen LogP contribution is -2.31. The second kappa shape index (κ2) is 3.58. The number of carbonyl (C=O) groups excluding carboxylic acids is 1. The Morgan fingerprint density at radius 3 is 2.57 bits per heavy atom. The van der Waals surface area contributed by atoms with Crippen molar-refractivity contribution in [2.24, 2.45) is 0 Å². The minimum Gasteiger partial charge on any atom is -0.283 e. The molecule has 42 valence electrons. The lowest BCUT2D eigenvalue weighted by Gasteiger charge is -2.08. The number of hydroxylamine groups is 1. The Labute approximate surface area is 42.0 Å². The highest BCUT2D eigenvalue weighted by atomic mass is 16.7. The van der Waals surface area contributed by atoms with Gasteiger partial charge in [-0.3, -0.25) is 15.1 Å². The van der Waals surface area contributed by atoms with Gasteiger partial charge >= 0.3 is 0 Å². The molecule has 0 fully saturated rings. The Hall–Kier alpha value is -0.610. The van der Waals surface area contributed by atoms with E-state index in [4.69, 9.17) is 0 Å². The van der Waals surface area contributed by atoms with Gasteiger partial charge < -0.3 is 0 Å². The first kappa shape index (κ1) is 6.39. The number of carbonyl (C=O) groups is 1. The highest BCUT2D eigenvalue weighted by Crippen LogP contribution is 1.65. The average molecular weight is 104 g/mol. The zero-order chi connectivity index (χ0) is 5.70. The van der Waals surface area contributed by atoms with Crippen molar-refractivity contribution in [2.75, 3.05) is 14.2 Å². The van der Waals surface area contributed by atoms with E-state index < -0.39 is 0 Å². The summed E-state index contributed by atoms with van der Waals surface area (Å²) in [6.45, 7) is 0. The fourth-order valence-electron chi connectivity index (χ4n) is 0.127. The number of hydrazine groups is 1. The van der Waals surface area contributed by atoms with Crippen molar-refractivity contribution < 1.29 is 9.63 Å². The summed E-state index contributed by atoms with van der Waals surface area (Å²) in [5.41, 5.74) is 2.23. The fraction of sp³-hybridized carbons (Fsp3) is 0.667. The first-order chi connectivity index (χ1) is 3.31. The largest absolute Gasteiger partial charge is 0.283 e. The van der Waals surface area contributed by atoms with Gasteiger partial charge in [-0.25, -0.2) is 0 Å². The summed E-state index contributed by atoms with van der Waals surface area (Å²) in [4.78, 5) is 14.0. The minimum absolute atomic E-state index is 0.531. The van der Waals surface area contributed by atoms with E-state index in [9.17, 15) is 4.79 Å². The highest BCUT2D eigenvalue weighted by Gasteiger charge is 1.83. The number of hydrogen-bond acceptors (Lipinski definition) is 3. The highest BCUT2D eigenvalue weighted by molar-refractivity contribution is 5.44. The maximum absolute atomic E-state index is 9.54. The molecule has 1 amide bonds. The Bertz CT molecular complexity index is 56.9. The van der Waals surface area contributed by atoms with Crippen LogP contribution in [0, 0.1) is 0 Å². The van der Waals surface area contributed by atoms with E-state index in [1.807, 2.05) is 0 Å². The number of hydrogen-bond donors (Lipinski definition) is 1.